The average molecular weight is 375 g/mol. The van der Waals surface area contributed by atoms with Gasteiger partial charge < -0.3 is 9.30 Å². The van der Waals surface area contributed by atoms with Crippen LogP contribution >= 0.6 is 0 Å². The van der Waals surface area contributed by atoms with Gasteiger partial charge in [-0.3, -0.25) is 0 Å². The zero-order valence-corrected chi connectivity index (χ0v) is 15.2. The average Bonchev–Trinajstić information content (AvgIpc) is 2.98. The number of aryl methyl sites for hydroxylation is 1. The van der Waals surface area contributed by atoms with Gasteiger partial charge in [-0.2, -0.15) is 0 Å². The molecule has 0 fully saturated rings. The SMILES string of the molecule is Fc1ccc(C2(c3ccc(F)cc3)OCCCc3cc4ccccc4n32)cc1. The van der Waals surface area contributed by atoms with Crippen molar-refractivity contribution in [3.8, 4) is 0 Å². The molecule has 0 saturated heterocycles. The molecule has 1 aliphatic heterocycles. The molecule has 1 aliphatic rings. The van der Waals surface area contributed by atoms with Gasteiger partial charge in [0.15, 0.2) is 5.72 Å². The van der Waals surface area contributed by atoms with E-state index in [4.69, 9.17) is 4.74 Å². The normalized spacial score (nSPS) is 15.9. The molecule has 0 amide bonds. The maximum atomic E-state index is 13.7. The molecule has 140 valence electrons. The standard InChI is InChI=1S/C24H19F2NO/c25-20-11-7-18(8-12-20)24(19-9-13-21(26)14-10-19)27-22(5-3-15-28-24)16-17-4-1-2-6-23(17)27/h1-2,4,6-14,16H,3,5,15H2. The highest BCUT2D eigenvalue weighted by Crippen LogP contribution is 2.42. The monoisotopic (exact) mass is 375 g/mol. The van der Waals surface area contributed by atoms with E-state index in [1.807, 2.05) is 12.1 Å². The number of rotatable bonds is 2. The van der Waals surface area contributed by atoms with Crippen LogP contribution in [0.1, 0.15) is 23.2 Å². The van der Waals surface area contributed by atoms with E-state index >= 15 is 0 Å². The van der Waals surface area contributed by atoms with Gasteiger partial charge in [-0.05, 0) is 54.6 Å². The molecule has 28 heavy (non-hydrogen) atoms. The molecule has 0 saturated carbocycles. The fraction of sp³-hybridized carbons (Fsp3) is 0.167. The van der Waals surface area contributed by atoms with Gasteiger partial charge in [0.25, 0.3) is 0 Å². The smallest absolute Gasteiger partial charge is 0.197 e. The molecule has 4 heteroatoms. The van der Waals surface area contributed by atoms with Gasteiger partial charge >= 0.3 is 0 Å². The summed E-state index contributed by atoms with van der Waals surface area (Å²) in [6.07, 6.45) is 1.75. The number of nitrogens with zero attached hydrogens (tertiary/aromatic N) is 1. The van der Waals surface area contributed by atoms with Crippen molar-refractivity contribution in [1.29, 1.82) is 0 Å². The quantitative estimate of drug-likeness (QED) is 0.443. The first-order valence-corrected chi connectivity index (χ1v) is 9.44. The summed E-state index contributed by atoms with van der Waals surface area (Å²) in [7, 11) is 0. The van der Waals surface area contributed by atoms with Crippen molar-refractivity contribution in [2.24, 2.45) is 0 Å². The third kappa shape index (κ3) is 2.56. The number of halogens is 2. The van der Waals surface area contributed by atoms with E-state index in [1.165, 1.54) is 24.3 Å². The van der Waals surface area contributed by atoms with Crippen LogP contribution in [0.3, 0.4) is 0 Å². The van der Waals surface area contributed by atoms with Crippen molar-refractivity contribution in [2.45, 2.75) is 18.6 Å². The van der Waals surface area contributed by atoms with E-state index in [-0.39, 0.29) is 11.6 Å². The second-order valence-corrected chi connectivity index (χ2v) is 7.14. The molecule has 0 aliphatic carbocycles. The Bertz CT molecular complexity index is 1080. The summed E-state index contributed by atoms with van der Waals surface area (Å²) in [4.78, 5) is 0. The predicted octanol–water partition coefficient (Wildman–Crippen LogP) is 5.63. The van der Waals surface area contributed by atoms with Gasteiger partial charge in [-0.15, -0.1) is 0 Å². The first-order valence-electron chi connectivity index (χ1n) is 9.44. The molecule has 1 aromatic heterocycles. The second kappa shape index (κ2) is 6.57. The summed E-state index contributed by atoms with van der Waals surface area (Å²) in [5.74, 6) is -0.603. The summed E-state index contributed by atoms with van der Waals surface area (Å²) in [6, 6.07) is 23.1. The van der Waals surface area contributed by atoms with Gasteiger partial charge in [0, 0.05) is 16.8 Å². The first-order chi connectivity index (χ1) is 13.7. The topological polar surface area (TPSA) is 14.2 Å². The minimum atomic E-state index is -0.990. The van der Waals surface area contributed by atoms with Crippen LogP contribution in [0.25, 0.3) is 10.9 Å². The van der Waals surface area contributed by atoms with Gasteiger partial charge in [0.05, 0.1) is 12.1 Å². The van der Waals surface area contributed by atoms with E-state index in [0.717, 1.165) is 40.6 Å². The highest BCUT2D eigenvalue weighted by Gasteiger charge is 2.41. The fourth-order valence-electron chi connectivity index (χ4n) is 4.25. The summed E-state index contributed by atoms with van der Waals surface area (Å²) < 4.78 is 36.2. The van der Waals surface area contributed by atoms with Crippen molar-refractivity contribution in [3.63, 3.8) is 0 Å². The van der Waals surface area contributed by atoms with E-state index in [1.54, 1.807) is 24.3 Å². The largest absolute Gasteiger partial charge is 0.347 e. The van der Waals surface area contributed by atoms with Gasteiger partial charge in [0.1, 0.15) is 11.6 Å². The number of ether oxygens (including phenoxy) is 1. The van der Waals surface area contributed by atoms with Crippen LogP contribution in [0.15, 0.2) is 78.9 Å². The molecule has 5 rings (SSSR count). The Hall–Kier alpha value is -2.98. The van der Waals surface area contributed by atoms with E-state index in [2.05, 4.69) is 22.8 Å². The maximum absolute atomic E-state index is 13.7. The molecular weight excluding hydrogens is 356 g/mol. The molecule has 2 nitrogen and oxygen atoms in total. The lowest BCUT2D eigenvalue weighted by atomic mass is 9.93. The lowest BCUT2D eigenvalue weighted by Crippen LogP contribution is -2.39. The number of aromatic nitrogens is 1. The van der Waals surface area contributed by atoms with Crippen molar-refractivity contribution in [3.05, 3.63) is 107 Å². The van der Waals surface area contributed by atoms with Crippen LogP contribution < -0.4 is 0 Å². The number of hydrogen-bond acceptors (Lipinski definition) is 1. The third-order valence-electron chi connectivity index (χ3n) is 5.46. The van der Waals surface area contributed by atoms with Crippen LogP contribution in [0, 0.1) is 11.6 Å². The van der Waals surface area contributed by atoms with Gasteiger partial charge in [-0.25, -0.2) is 8.78 Å². The van der Waals surface area contributed by atoms with Crippen molar-refractivity contribution >= 4 is 10.9 Å². The van der Waals surface area contributed by atoms with Crippen LogP contribution in [0.2, 0.25) is 0 Å². The van der Waals surface area contributed by atoms with Gasteiger partial charge in [0.2, 0.25) is 0 Å². The minimum Gasteiger partial charge on any atom is -0.347 e. The first kappa shape index (κ1) is 17.1. The molecule has 4 aromatic rings. The zero-order valence-electron chi connectivity index (χ0n) is 15.2. The van der Waals surface area contributed by atoms with Crippen molar-refractivity contribution < 1.29 is 13.5 Å². The Morgan fingerprint density at radius 2 is 1.39 bits per heavy atom. The summed E-state index contributed by atoms with van der Waals surface area (Å²) in [6.45, 7) is 0.546. The number of hydrogen-bond donors (Lipinski definition) is 0. The highest BCUT2D eigenvalue weighted by atomic mass is 19.1. The molecule has 0 radical (unpaired) electrons. The summed E-state index contributed by atoms with van der Waals surface area (Å²) >= 11 is 0. The lowest BCUT2D eigenvalue weighted by molar-refractivity contribution is -0.0324. The second-order valence-electron chi connectivity index (χ2n) is 7.14. The van der Waals surface area contributed by atoms with Crippen LogP contribution in [-0.2, 0) is 16.9 Å². The lowest BCUT2D eigenvalue weighted by Gasteiger charge is -2.37. The Kier molecular flexibility index (Phi) is 4.02. The molecule has 3 aromatic carbocycles. The van der Waals surface area contributed by atoms with Crippen LogP contribution in [-0.4, -0.2) is 11.2 Å². The number of para-hydroxylation sites is 1. The van der Waals surface area contributed by atoms with Gasteiger partial charge in [-0.1, -0.05) is 42.5 Å². The van der Waals surface area contributed by atoms with Crippen LogP contribution in [0.4, 0.5) is 8.78 Å². The fourth-order valence-corrected chi connectivity index (χ4v) is 4.25. The zero-order chi connectivity index (χ0) is 19.1. The highest BCUT2D eigenvalue weighted by molar-refractivity contribution is 5.82. The molecule has 0 spiro atoms. The third-order valence-corrected chi connectivity index (χ3v) is 5.46. The number of benzene rings is 3. The van der Waals surface area contributed by atoms with E-state index < -0.39 is 5.72 Å². The van der Waals surface area contributed by atoms with Crippen molar-refractivity contribution in [2.75, 3.05) is 6.61 Å². The van der Waals surface area contributed by atoms with E-state index in [9.17, 15) is 8.78 Å². The van der Waals surface area contributed by atoms with Crippen molar-refractivity contribution in [1.82, 2.24) is 4.57 Å². The van der Waals surface area contributed by atoms with Crippen LogP contribution in [0.5, 0.6) is 0 Å². The Morgan fingerprint density at radius 3 is 2.04 bits per heavy atom. The maximum Gasteiger partial charge on any atom is 0.197 e. The predicted molar refractivity (Wildman–Crippen MR) is 105 cm³/mol. The molecule has 0 unspecified atom stereocenters. The Labute approximate surface area is 162 Å². The molecule has 0 bridgehead atoms. The Balaban J connectivity index is 1.89. The molecular formula is C24H19F2NO. The summed E-state index contributed by atoms with van der Waals surface area (Å²) in [5.41, 5.74) is 2.81. The molecule has 2 heterocycles. The molecule has 0 N–H and O–H groups in total. The van der Waals surface area contributed by atoms with E-state index in [0.29, 0.717) is 6.61 Å². The number of fused-ring (bicyclic) bond motifs is 3. The minimum absolute atomic E-state index is 0.302. The Morgan fingerprint density at radius 1 is 0.786 bits per heavy atom. The summed E-state index contributed by atoms with van der Waals surface area (Å²) in [5, 5.41) is 1.12. The molecule has 0 atom stereocenters.